The molecule has 1 saturated heterocycles. The standard InChI is InChI=1S/C21H16N2O5S/c24-17-13-7-3-4-8-14(13)18(25)22(17)15-9-11-5-1-2-6-12(11)20-23(19(15)26)16(10-29-20)21(27)28/h1-8,15-16,20H,9-10H2,(H,27,28)/t15-,16-,20?/m0/s1. The predicted octanol–water partition coefficient (Wildman–Crippen LogP) is 1.93. The molecule has 0 radical (unpaired) electrons. The van der Waals surface area contributed by atoms with Gasteiger partial charge >= 0.3 is 5.97 Å². The third-order valence-electron chi connectivity index (χ3n) is 5.70. The van der Waals surface area contributed by atoms with Gasteiger partial charge in [0.2, 0.25) is 5.91 Å². The molecule has 0 spiro atoms. The molecular formula is C21H16N2O5S. The van der Waals surface area contributed by atoms with Crippen LogP contribution in [0.4, 0.5) is 0 Å². The Labute approximate surface area is 170 Å². The van der Waals surface area contributed by atoms with Gasteiger partial charge in [-0.25, -0.2) is 4.79 Å². The van der Waals surface area contributed by atoms with Gasteiger partial charge < -0.3 is 10.0 Å². The van der Waals surface area contributed by atoms with Crippen LogP contribution in [0.2, 0.25) is 0 Å². The molecule has 3 atom stereocenters. The first kappa shape index (κ1) is 17.9. The van der Waals surface area contributed by atoms with E-state index >= 15 is 0 Å². The highest BCUT2D eigenvalue weighted by molar-refractivity contribution is 7.99. The molecule has 1 N–H and O–H groups in total. The fraction of sp³-hybridized carbons (Fsp3) is 0.238. The Morgan fingerprint density at radius 3 is 2.24 bits per heavy atom. The topological polar surface area (TPSA) is 95.0 Å². The highest BCUT2D eigenvalue weighted by Crippen LogP contribution is 2.46. The summed E-state index contributed by atoms with van der Waals surface area (Å²) in [4.78, 5) is 53.7. The summed E-state index contributed by atoms with van der Waals surface area (Å²) >= 11 is 1.39. The van der Waals surface area contributed by atoms with Crippen molar-refractivity contribution in [2.45, 2.75) is 23.9 Å². The molecule has 1 unspecified atom stereocenters. The second-order valence-corrected chi connectivity index (χ2v) is 8.34. The number of imide groups is 1. The maximum Gasteiger partial charge on any atom is 0.327 e. The lowest BCUT2D eigenvalue weighted by atomic mass is 10.0. The summed E-state index contributed by atoms with van der Waals surface area (Å²) in [6.07, 6.45) is 0.167. The van der Waals surface area contributed by atoms with Crippen LogP contribution < -0.4 is 0 Å². The Morgan fingerprint density at radius 1 is 0.966 bits per heavy atom. The largest absolute Gasteiger partial charge is 0.480 e. The van der Waals surface area contributed by atoms with Crippen molar-refractivity contribution in [2.75, 3.05) is 5.75 Å². The number of rotatable bonds is 2. The normalized spacial score (nSPS) is 25.5. The zero-order valence-electron chi connectivity index (χ0n) is 15.1. The van der Waals surface area contributed by atoms with Crippen LogP contribution in [-0.4, -0.2) is 56.4 Å². The summed E-state index contributed by atoms with van der Waals surface area (Å²) in [7, 11) is 0. The van der Waals surface area contributed by atoms with Gasteiger partial charge in [0.15, 0.2) is 0 Å². The molecule has 8 heteroatoms. The second-order valence-electron chi connectivity index (χ2n) is 7.23. The van der Waals surface area contributed by atoms with Gasteiger partial charge in [-0.3, -0.25) is 19.3 Å². The number of carbonyl (C=O) groups is 4. The summed E-state index contributed by atoms with van der Waals surface area (Å²) in [5, 5.41) is 9.21. The number of hydrogen-bond donors (Lipinski definition) is 1. The minimum Gasteiger partial charge on any atom is -0.480 e. The summed E-state index contributed by atoms with van der Waals surface area (Å²) in [6.45, 7) is 0. The van der Waals surface area contributed by atoms with E-state index in [9.17, 15) is 24.3 Å². The predicted molar refractivity (Wildman–Crippen MR) is 104 cm³/mol. The molecule has 7 nitrogen and oxygen atoms in total. The number of hydrogen-bond acceptors (Lipinski definition) is 5. The molecule has 2 aromatic carbocycles. The van der Waals surface area contributed by atoms with E-state index in [0.29, 0.717) is 0 Å². The molecule has 0 aromatic heterocycles. The van der Waals surface area contributed by atoms with Gasteiger partial charge in [-0.05, 0) is 23.3 Å². The van der Waals surface area contributed by atoms with Gasteiger partial charge in [-0.2, -0.15) is 0 Å². The quantitative estimate of drug-likeness (QED) is 0.763. The molecule has 1 fully saturated rings. The number of benzene rings is 2. The lowest BCUT2D eigenvalue weighted by Gasteiger charge is -2.31. The van der Waals surface area contributed by atoms with E-state index in [0.717, 1.165) is 16.0 Å². The average molecular weight is 408 g/mol. The molecular weight excluding hydrogens is 392 g/mol. The number of carboxylic acid groups (broad SMARTS) is 1. The zero-order valence-corrected chi connectivity index (χ0v) is 16.0. The average Bonchev–Trinajstić information content (AvgIpc) is 3.24. The van der Waals surface area contributed by atoms with E-state index in [2.05, 4.69) is 0 Å². The molecule has 3 heterocycles. The van der Waals surface area contributed by atoms with Crippen LogP contribution in [0, 0.1) is 0 Å². The first-order valence-electron chi connectivity index (χ1n) is 9.20. The van der Waals surface area contributed by atoms with Gasteiger partial charge in [0.25, 0.3) is 11.8 Å². The summed E-state index contributed by atoms with van der Waals surface area (Å²) in [5.41, 5.74) is 2.23. The van der Waals surface area contributed by atoms with Gasteiger partial charge in [0.1, 0.15) is 17.5 Å². The molecule has 0 bridgehead atoms. The Bertz CT molecular complexity index is 1050. The first-order chi connectivity index (χ1) is 14.0. The minimum atomic E-state index is -1.09. The molecule has 0 aliphatic carbocycles. The lowest BCUT2D eigenvalue weighted by Crippen LogP contribution is -2.54. The fourth-order valence-corrected chi connectivity index (χ4v) is 5.82. The molecule has 5 rings (SSSR count). The molecule has 3 aliphatic rings. The Hall–Kier alpha value is -3.13. The first-order valence-corrected chi connectivity index (χ1v) is 10.2. The van der Waals surface area contributed by atoms with Gasteiger partial charge in [0.05, 0.1) is 11.1 Å². The SMILES string of the molecule is O=C(O)[C@@H]1CSC2c3ccccc3C[C@H](N3C(=O)c4ccccc4C3=O)C(=O)N21. The van der Waals surface area contributed by atoms with E-state index in [1.807, 2.05) is 24.3 Å². The number of carboxylic acids is 1. The summed E-state index contributed by atoms with van der Waals surface area (Å²) < 4.78 is 0. The third-order valence-corrected chi connectivity index (χ3v) is 7.00. The van der Waals surface area contributed by atoms with Crippen molar-refractivity contribution in [1.82, 2.24) is 9.80 Å². The van der Waals surface area contributed by atoms with Crippen LogP contribution in [0.5, 0.6) is 0 Å². The Morgan fingerprint density at radius 2 is 1.59 bits per heavy atom. The number of thioether (sulfide) groups is 1. The monoisotopic (exact) mass is 408 g/mol. The van der Waals surface area contributed by atoms with Crippen molar-refractivity contribution < 1.29 is 24.3 Å². The van der Waals surface area contributed by atoms with E-state index in [4.69, 9.17) is 0 Å². The third kappa shape index (κ3) is 2.52. The van der Waals surface area contributed by atoms with Gasteiger partial charge in [0, 0.05) is 12.2 Å². The molecule has 0 saturated carbocycles. The van der Waals surface area contributed by atoms with Gasteiger partial charge in [-0.15, -0.1) is 11.8 Å². The van der Waals surface area contributed by atoms with E-state index in [1.165, 1.54) is 16.7 Å². The van der Waals surface area contributed by atoms with Crippen LogP contribution in [0.15, 0.2) is 48.5 Å². The number of aliphatic carboxylic acids is 1. The van der Waals surface area contributed by atoms with Crippen LogP contribution in [0.1, 0.15) is 37.2 Å². The highest BCUT2D eigenvalue weighted by Gasteiger charge is 2.51. The van der Waals surface area contributed by atoms with Crippen molar-refractivity contribution in [1.29, 1.82) is 0 Å². The molecule has 3 amide bonds. The Kier molecular flexibility index (Phi) is 3.99. The van der Waals surface area contributed by atoms with Crippen molar-refractivity contribution in [3.05, 3.63) is 70.8 Å². The van der Waals surface area contributed by atoms with E-state index < -0.39 is 41.1 Å². The zero-order chi connectivity index (χ0) is 20.3. The smallest absolute Gasteiger partial charge is 0.327 e. The van der Waals surface area contributed by atoms with Crippen molar-refractivity contribution in [3.63, 3.8) is 0 Å². The number of amides is 3. The molecule has 29 heavy (non-hydrogen) atoms. The second kappa shape index (κ2) is 6.45. The molecule has 3 aliphatic heterocycles. The van der Waals surface area contributed by atoms with Crippen LogP contribution in [-0.2, 0) is 16.0 Å². The van der Waals surface area contributed by atoms with Gasteiger partial charge in [-0.1, -0.05) is 36.4 Å². The highest BCUT2D eigenvalue weighted by atomic mass is 32.2. The maximum atomic E-state index is 13.5. The summed E-state index contributed by atoms with van der Waals surface area (Å²) in [6, 6.07) is 11.8. The van der Waals surface area contributed by atoms with Crippen molar-refractivity contribution in [3.8, 4) is 0 Å². The lowest BCUT2D eigenvalue weighted by molar-refractivity contribution is -0.150. The number of fused-ring (bicyclic) bond motifs is 4. The number of nitrogens with zero attached hydrogens (tertiary/aromatic N) is 2. The maximum absolute atomic E-state index is 13.5. The fourth-order valence-electron chi connectivity index (χ4n) is 4.33. The van der Waals surface area contributed by atoms with Crippen molar-refractivity contribution in [2.24, 2.45) is 0 Å². The summed E-state index contributed by atoms with van der Waals surface area (Å²) in [5.74, 6) is -2.36. The Balaban J connectivity index is 1.63. The number of carbonyl (C=O) groups excluding carboxylic acids is 3. The minimum absolute atomic E-state index is 0.167. The van der Waals surface area contributed by atoms with Crippen molar-refractivity contribution >= 4 is 35.5 Å². The molecule has 146 valence electrons. The van der Waals surface area contributed by atoms with E-state index in [-0.39, 0.29) is 23.3 Å². The van der Waals surface area contributed by atoms with Crippen LogP contribution >= 0.6 is 11.8 Å². The molecule has 2 aromatic rings. The van der Waals surface area contributed by atoms with Crippen LogP contribution in [0.3, 0.4) is 0 Å². The van der Waals surface area contributed by atoms with Crippen LogP contribution in [0.25, 0.3) is 0 Å². The van der Waals surface area contributed by atoms with E-state index in [1.54, 1.807) is 24.3 Å².